The molecule has 1 atom stereocenters. The number of anilines is 2. The summed E-state index contributed by atoms with van der Waals surface area (Å²) < 4.78 is 70.1. The molecule has 158 valence electrons. The average Bonchev–Trinajstić information content (AvgIpc) is 2.99. The highest BCUT2D eigenvalue weighted by Gasteiger charge is 2.18. The van der Waals surface area contributed by atoms with Gasteiger partial charge in [0.1, 0.15) is 0 Å². The van der Waals surface area contributed by atoms with Crippen LogP contribution in [0.2, 0.25) is 0 Å². The van der Waals surface area contributed by atoms with Crippen LogP contribution >= 0.6 is 0 Å². The third-order valence-electron chi connectivity index (χ3n) is 5.94. The summed E-state index contributed by atoms with van der Waals surface area (Å²) in [5.74, 6) is 0.0999. The van der Waals surface area contributed by atoms with Crippen LogP contribution in [-0.4, -0.2) is 0 Å². The van der Waals surface area contributed by atoms with Gasteiger partial charge in [-0.15, -0.1) is 0 Å². The average molecular weight is 432 g/mol. The van der Waals surface area contributed by atoms with Gasteiger partial charge in [-0.05, 0) is 69.2 Å². The monoisotopic (exact) mass is 431 g/mol. The van der Waals surface area contributed by atoms with E-state index < -0.39 is 0 Å². The van der Waals surface area contributed by atoms with E-state index >= 15 is 0 Å². The predicted molar refractivity (Wildman–Crippen MR) is 142 cm³/mol. The molecule has 0 aliphatic heterocycles. The third kappa shape index (κ3) is 3.83. The summed E-state index contributed by atoms with van der Waals surface area (Å²) in [5.41, 5.74) is 2.06. The zero-order valence-corrected chi connectivity index (χ0v) is 17.8. The molecule has 1 N–H and O–H groups in total. The van der Waals surface area contributed by atoms with Crippen LogP contribution in [0.15, 0.2) is 133 Å². The maximum atomic E-state index is 8.79. The SMILES string of the molecule is [2H]c1c([2H])c(C2=C3C=CC=CC3CC=C2)c([2H])c([2H])c1Nc1c([2H])c([2H])c(-c2cccc3ccccc23)c([2H])c1[2H]. The standard InChI is InChI=1S/C32H25N/c1-3-11-29-23(7-1)9-5-13-31(29)25-15-19-27(20-16-25)33-28-21-17-26(18-22-28)32-14-6-10-24-8-2-4-12-30(24)32/h1-9,11-22,24,33H,10H2/i15D,16D,17D,18D,19D,20D,21D,22D. The molecular formula is C32H25N. The van der Waals surface area contributed by atoms with Gasteiger partial charge >= 0.3 is 0 Å². The van der Waals surface area contributed by atoms with Crippen molar-refractivity contribution in [2.45, 2.75) is 6.42 Å². The van der Waals surface area contributed by atoms with Crippen molar-refractivity contribution in [2.75, 3.05) is 5.32 Å². The van der Waals surface area contributed by atoms with E-state index in [1.165, 1.54) is 0 Å². The van der Waals surface area contributed by atoms with E-state index in [0.717, 1.165) is 22.8 Å². The molecule has 0 spiro atoms. The van der Waals surface area contributed by atoms with Crippen LogP contribution in [0.3, 0.4) is 0 Å². The highest BCUT2D eigenvalue weighted by atomic mass is 14.9. The smallest absolute Gasteiger partial charge is 0.0645 e. The predicted octanol–water partition coefficient (Wildman–Crippen LogP) is 8.71. The van der Waals surface area contributed by atoms with Crippen LogP contribution in [0.4, 0.5) is 11.4 Å². The van der Waals surface area contributed by atoms with Crippen LogP contribution in [-0.2, 0) is 0 Å². The van der Waals surface area contributed by atoms with Crippen LogP contribution in [0.25, 0.3) is 27.5 Å². The van der Waals surface area contributed by atoms with Gasteiger partial charge in [0, 0.05) is 17.3 Å². The Balaban J connectivity index is 1.48. The highest BCUT2D eigenvalue weighted by molar-refractivity contribution is 5.96. The van der Waals surface area contributed by atoms with Crippen LogP contribution in [0.1, 0.15) is 23.0 Å². The topological polar surface area (TPSA) is 12.0 Å². The zero-order chi connectivity index (χ0) is 29.0. The number of rotatable bonds is 4. The number of fused-ring (bicyclic) bond motifs is 2. The van der Waals surface area contributed by atoms with E-state index in [2.05, 4.69) is 11.4 Å². The van der Waals surface area contributed by atoms with E-state index in [1.807, 2.05) is 60.7 Å². The summed E-state index contributed by atoms with van der Waals surface area (Å²) in [6, 6.07) is 10.6. The lowest BCUT2D eigenvalue weighted by atomic mass is 9.82. The van der Waals surface area contributed by atoms with Crippen molar-refractivity contribution in [3.05, 3.63) is 138 Å². The maximum absolute atomic E-state index is 8.79. The minimum absolute atomic E-state index is 0.0999. The Labute approximate surface area is 206 Å². The molecule has 33 heavy (non-hydrogen) atoms. The minimum atomic E-state index is -0.364. The van der Waals surface area contributed by atoms with E-state index in [0.29, 0.717) is 11.1 Å². The van der Waals surface area contributed by atoms with Gasteiger partial charge in [-0.3, -0.25) is 0 Å². The van der Waals surface area contributed by atoms with E-state index in [9.17, 15) is 0 Å². The lowest BCUT2D eigenvalue weighted by Gasteiger charge is -2.23. The first-order valence-corrected chi connectivity index (χ1v) is 10.9. The summed E-state index contributed by atoms with van der Waals surface area (Å²) in [6.45, 7) is 0. The van der Waals surface area contributed by atoms with Crippen molar-refractivity contribution >= 4 is 27.7 Å². The van der Waals surface area contributed by atoms with Crippen molar-refractivity contribution in [3.8, 4) is 11.1 Å². The first kappa shape index (κ1) is 12.8. The summed E-state index contributed by atoms with van der Waals surface area (Å²) in [6.07, 6.45) is 12.4. The quantitative estimate of drug-likeness (QED) is 0.341. The fourth-order valence-electron chi connectivity index (χ4n) is 4.32. The molecule has 0 aromatic heterocycles. The molecule has 4 aromatic rings. The van der Waals surface area contributed by atoms with Crippen molar-refractivity contribution in [1.29, 1.82) is 0 Å². The zero-order valence-electron chi connectivity index (χ0n) is 25.8. The number of hydrogen-bond acceptors (Lipinski definition) is 1. The van der Waals surface area contributed by atoms with Crippen LogP contribution in [0.5, 0.6) is 0 Å². The van der Waals surface area contributed by atoms with Gasteiger partial charge in [0.15, 0.2) is 0 Å². The van der Waals surface area contributed by atoms with Gasteiger partial charge in [-0.2, -0.15) is 0 Å². The second-order valence-electron chi connectivity index (χ2n) is 8.01. The number of allylic oxidation sites excluding steroid dienone is 8. The Morgan fingerprint density at radius 2 is 1.45 bits per heavy atom. The normalized spacial score (nSPS) is 20.2. The van der Waals surface area contributed by atoms with Crippen molar-refractivity contribution in [1.82, 2.24) is 0 Å². The Hall–Kier alpha value is -4.10. The Morgan fingerprint density at radius 1 is 0.727 bits per heavy atom. The Kier molecular flexibility index (Phi) is 3.28. The molecule has 0 saturated heterocycles. The molecule has 0 radical (unpaired) electrons. The van der Waals surface area contributed by atoms with E-state index in [4.69, 9.17) is 11.0 Å². The van der Waals surface area contributed by atoms with E-state index in [-0.39, 0.29) is 76.8 Å². The summed E-state index contributed by atoms with van der Waals surface area (Å²) >= 11 is 0. The molecule has 2 aliphatic rings. The summed E-state index contributed by atoms with van der Waals surface area (Å²) in [4.78, 5) is 0. The van der Waals surface area contributed by atoms with Crippen molar-refractivity contribution in [2.24, 2.45) is 5.92 Å². The molecule has 6 rings (SSSR count). The molecule has 1 nitrogen and oxygen atoms in total. The highest BCUT2D eigenvalue weighted by Crippen LogP contribution is 2.36. The second kappa shape index (κ2) is 8.44. The van der Waals surface area contributed by atoms with Gasteiger partial charge in [0.25, 0.3) is 0 Å². The molecule has 0 fully saturated rings. The van der Waals surface area contributed by atoms with Crippen LogP contribution < -0.4 is 5.32 Å². The summed E-state index contributed by atoms with van der Waals surface area (Å²) in [7, 11) is 0. The van der Waals surface area contributed by atoms with Gasteiger partial charge in [-0.1, -0.05) is 103 Å². The fourth-order valence-corrected chi connectivity index (χ4v) is 4.32. The number of nitrogens with one attached hydrogen (secondary N) is 1. The molecular weight excluding hydrogens is 398 g/mol. The second-order valence-corrected chi connectivity index (χ2v) is 8.01. The third-order valence-corrected chi connectivity index (χ3v) is 5.94. The van der Waals surface area contributed by atoms with Gasteiger partial charge in [0.05, 0.1) is 11.0 Å². The first-order valence-electron chi connectivity index (χ1n) is 14.9. The first-order chi connectivity index (χ1) is 19.7. The maximum Gasteiger partial charge on any atom is 0.0645 e. The van der Waals surface area contributed by atoms with Crippen LogP contribution in [0, 0.1) is 5.92 Å². The molecule has 0 heterocycles. The summed E-state index contributed by atoms with van der Waals surface area (Å²) in [5, 5.41) is 4.45. The Bertz CT molecular complexity index is 1820. The lowest BCUT2D eigenvalue weighted by molar-refractivity contribution is 0.784. The van der Waals surface area contributed by atoms with Crippen molar-refractivity contribution in [3.63, 3.8) is 0 Å². The molecule has 0 saturated carbocycles. The molecule has 4 aromatic carbocycles. The van der Waals surface area contributed by atoms with Gasteiger partial charge in [-0.25, -0.2) is 0 Å². The van der Waals surface area contributed by atoms with Gasteiger partial charge in [0.2, 0.25) is 0 Å². The molecule has 0 bridgehead atoms. The molecule has 1 heteroatoms. The molecule has 1 unspecified atom stereocenters. The minimum Gasteiger partial charge on any atom is -0.356 e. The van der Waals surface area contributed by atoms with E-state index in [1.54, 1.807) is 12.1 Å². The molecule has 2 aliphatic carbocycles. The number of benzene rings is 4. The van der Waals surface area contributed by atoms with Gasteiger partial charge < -0.3 is 5.32 Å². The lowest BCUT2D eigenvalue weighted by Crippen LogP contribution is -2.06. The number of hydrogen-bond donors (Lipinski definition) is 1. The molecule has 0 amide bonds. The largest absolute Gasteiger partial charge is 0.356 e. The fraction of sp³-hybridized carbons (Fsp3) is 0.0625. The van der Waals surface area contributed by atoms with Crippen molar-refractivity contribution < 1.29 is 11.0 Å². The Morgan fingerprint density at radius 3 is 2.27 bits per heavy atom.